The Morgan fingerprint density at radius 1 is 1.31 bits per heavy atom. The molecule has 0 bridgehead atoms. The number of rotatable bonds is 3. The molecule has 0 spiro atoms. The summed E-state index contributed by atoms with van der Waals surface area (Å²) in [4.78, 5) is 2.26. The third-order valence-corrected chi connectivity index (χ3v) is 4.31. The first-order valence-electron chi connectivity index (χ1n) is 4.96. The summed E-state index contributed by atoms with van der Waals surface area (Å²) in [5, 5.41) is 0. The van der Waals surface area contributed by atoms with Crippen LogP contribution in [0.25, 0.3) is 0 Å². The van der Waals surface area contributed by atoms with Gasteiger partial charge in [-0.15, -0.1) is 0 Å². The van der Waals surface area contributed by atoms with Crippen molar-refractivity contribution in [1.82, 2.24) is 4.90 Å². The summed E-state index contributed by atoms with van der Waals surface area (Å²) in [5.41, 5.74) is 0. The van der Waals surface area contributed by atoms with Crippen molar-refractivity contribution in [1.29, 1.82) is 0 Å². The monoisotopic (exact) mass is 205 g/mol. The molecule has 1 fully saturated rings. The fourth-order valence-corrected chi connectivity index (χ4v) is 2.78. The predicted molar refractivity (Wildman–Crippen MR) is 54.5 cm³/mol. The first kappa shape index (κ1) is 11.0. The molecule has 0 N–H and O–H groups in total. The number of hydrogen-bond donors (Lipinski definition) is 0. The molecule has 1 aliphatic heterocycles. The van der Waals surface area contributed by atoms with Crippen molar-refractivity contribution < 1.29 is 8.42 Å². The van der Waals surface area contributed by atoms with E-state index in [0.717, 1.165) is 19.6 Å². The maximum Gasteiger partial charge on any atom is 0.152 e. The van der Waals surface area contributed by atoms with Crippen molar-refractivity contribution in [2.45, 2.75) is 20.3 Å². The van der Waals surface area contributed by atoms with E-state index in [0.29, 0.717) is 17.4 Å². The average molecular weight is 205 g/mol. The Labute approximate surface area is 81.0 Å². The largest absolute Gasteiger partial charge is 0.301 e. The highest BCUT2D eigenvalue weighted by Crippen LogP contribution is 2.08. The van der Waals surface area contributed by atoms with Gasteiger partial charge in [-0.2, -0.15) is 0 Å². The molecule has 4 heteroatoms. The van der Waals surface area contributed by atoms with Crippen LogP contribution in [0.1, 0.15) is 20.3 Å². The van der Waals surface area contributed by atoms with Gasteiger partial charge in [0.05, 0.1) is 11.5 Å². The van der Waals surface area contributed by atoms with Crippen LogP contribution in [-0.4, -0.2) is 44.5 Å². The molecule has 1 rings (SSSR count). The lowest BCUT2D eigenvalue weighted by molar-refractivity contribution is 0.252. The molecule has 1 saturated heterocycles. The Morgan fingerprint density at radius 3 is 2.31 bits per heavy atom. The average Bonchev–Trinajstić information content (AvgIpc) is 2.08. The van der Waals surface area contributed by atoms with Gasteiger partial charge in [-0.25, -0.2) is 8.42 Å². The summed E-state index contributed by atoms with van der Waals surface area (Å²) >= 11 is 0. The third-order valence-electron chi connectivity index (χ3n) is 2.70. The molecular formula is C9H19NO2S. The van der Waals surface area contributed by atoms with Crippen molar-refractivity contribution in [3.05, 3.63) is 0 Å². The van der Waals surface area contributed by atoms with E-state index >= 15 is 0 Å². The summed E-state index contributed by atoms with van der Waals surface area (Å²) in [6.07, 6.45) is 1.17. The highest BCUT2D eigenvalue weighted by atomic mass is 32.2. The molecule has 0 amide bonds. The molecule has 0 aromatic rings. The Morgan fingerprint density at radius 2 is 1.85 bits per heavy atom. The molecule has 0 radical (unpaired) electrons. The lowest BCUT2D eigenvalue weighted by Gasteiger charge is -2.28. The van der Waals surface area contributed by atoms with Gasteiger partial charge in [0.1, 0.15) is 0 Å². The quantitative estimate of drug-likeness (QED) is 0.683. The molecule has 1 aliphatic rings. The van der Waals surface area contributed by atoms with Gasteiger partial charge in [0, 0.05) is 19.6 Å². The second-order valence-electron chi connectivity index (χ2n) is 3.97. The lowest BCUT2D eigenvalue weighted by atomic mass is 10.1. The maximum absolute atomic E-state index is 11.1. The summed E-state index contributed by atoms with van der Waals surface area (Å²) in [6.45, 7) is 6.89. The van der Waals surface area contributed by atoms with Crippen molar-refractivity contribution in [3.63, 3.8) is 0 Å². The fourth-order valence-electron chi connectivity index (χ4n) is 1.50. The molecule has 3 nitrogen and oxygen atoms in total. The minimum Gasteiger partial charge on any atom is -0.301 e. The number of nitrogens with zero attached hydrogens (tertiary/aromatic N) is 1. The zero-order valence-electron chi connectivity index (χ0n) is 8.49. The summed E-state index contributed by atoms with van der Waals surface area (Å²) in [5.74, 6) is 1.38. The maximum atomic E-state index is 11.1. The zero-order chi connectivity index (χ0) is 9.90. The molecule has 13 heavy (non-hydrogen) atoms. The molecule has 78 valence electrons. The smallest absolute Gasteiger partial charge is 0.152 e. The molecule has 0 saturated carbocycles. The van der Waals surface area contributed by atoms with Gasteiger partial charge in [0.25, 0.3) is 0 Å². The highest BCUT2D eigenvalue weighted by molar-refractivity contribution is 7.91. The third kappa shape index (κ3) is 3.65. The van der Waals surface area contributed by atoms with Gasteiger partial charge in [0.15, 0.2) is 9.84 Å². The summed E-state index contributed by atoms with van der Waals surface area (Å²) in [6, 6.07) is 0. The van der Waals surface area contributed by atoms with Gasteiger partial charge in [-0.3, -0.25) is 0 Å². The number of sulfone groups is 1. The Kier molecular flexibility index (Phi) is 3.74. The standard InChI is InChI=1S/C9H19NO2S/c1-3-9(2)8-10-4-6-13(11,12)7-5-10/h9H,3-8H2,1-2H3. The van der Waals surface area contributed by atoms with Crippen LogP contribution < -0.4 is 0 Å². The highest BCUT2D eigenvalue weighted by Gasteiger charge is 2.21. The minimum absolute atomic E-state index is 0.351. The molecular weight excluding hydrogens is 186 g/mol. The predicted octanol–water partition coefficient (Wildman–Crippen LogP) is 0.763. The van der Waals surface area contributed by atoms with E-state index in [-0.39, 0.29) is 0 Å². The molecule has 0 aromatic carbocycles. The van der Waals surface area contributed by atoms with Crippen molar-refractivity contribution in [2.24, 2.45) is 5.92 Å². The Hall–Kier alpha value is -0.0900. The summed E-state index contributed by atoms with van der Waals surface area (Å²) < 4.78 is 22.2. The van der Waals surface area contributed by atoms with E-state index in [1.165, 1.54) is 6.42 Å². The molecule has 1 heterocycles. The van der Waals surface area contributed by atoms with Gasteiger partial charge >= 0.3 is 0 Å². The van der Waals surface area contributed by atoms with E-state index in [1.54, 1.807) is 0 Å². The fraction of sp³-hybridized carbons (Fsp3) is 1.00. The van der Waals surface area contributed by atoms with Crippen molar-refractivity contribution in [3.8, 4) is 0 Å². The van der Waals surface area contributed by atoms with Crippen LogP contribution in [-0.2, 0) is 9.84 Å². The molecule has 0 aromatic heterocycles. The molecule has 0 aliphatic carbocycles. The molecule has 1 unspecified atom stereocenters. The van der Waals surface area contributed by atoms with Crippen LogP contribution in [0, 0.1) is 5.92 Å². The van der Waals surface area contributed by atoms with E-state index in [1.807, 2.05) is 0 Å². The van der Waals surface area contributed by atoms with Crippen molar-refractivity contribution in [2.75, 3.05) is 31.1 Å². The van der Waals surface area contributed by atoms with Gasteiger partial charge < -0.3 is 4.90 Å². The minimum atomic E-state index is -2.70. The van der Waals surface area contributed by atoms with E-state index in [9.17, 15) is 8.42 Å². The second kappa shape index (κ2) is 4.42. The Balaban J connectivity index is 2.33. The van der Waals surface area contributed by atoms with Crippen LogP contribution in [0.15, 0.2) is 0 Å². The van der Waals surface area contributed by atoms with Crippen LogP contribution in [0.3, 0.4) is 0 Å². The molecule has 1 atom stereocenters. The normalized spacial score (nSPS) is 25.7. The SMILES string of the molecule is CCC(C)CN1CCS(=O)(=O)CC1. The van der Waals surface area contributed by atoms with E-state index in [4.69, 9.17) is 0 Å². The van der Waals surface area contributed by atoms with E-state index in [2.05, 4.69) is 18.7 Å². The van der Waals surface area contributed by atoms with Crippen LogP contribution in [0.4, 0.5) is 0 Å². The van der Waals surface area contributed by atoms with Gasteiger partial charge in [-0.1, -0.05) is 20.3 Å². The first-order chi connectivity index (χ1) is 6.03. The lowest BCUT2D eigenvalue weighted by Crippen LogP contribution is -2.42. The summed E-state index contributed by atoms with van der Waals surface area (Å²) in [7, 11) is -2.70. The zero-order valence-corrected chi connectivity index (χ0v) is 9.31. The first-order valence-corrected chi connectivity index (χ1v) is 6.78. The van der Waals surface area contributed by atoms with Crippen LogP contribution in [0.5, 0.6) is 0 Å². The van der Waals surface area contributed by atoms with Crippen molar-refractivity contribution >= 4 is 9.84 Å². The van der Waals surface area contributed by atoms with Crippen LogP contribution in [0.2, 0.25) is 0 Å². The van der Waals surface area contributed by atoms with Crippen LogP contribution >= 0.6 is 0 Å². The Bertz CT molecular complexity index is 234. The topological polar surface area (TPSA) is 37.4 Å². The van der Waals surface area contributed by atoms with Gasteiger partial charge in [0.2, 0.25) is 0 Å². The van der Waals surface area contributed by atoms with E-state index < -0.39 is 9.84 Å². The second-order valence-corrected chi connectivity index (χ2v) is 6.27. The van der Waals surface area contributed by atoms with Gasteiger partial charge in [-0.05, 0) is 5.92 Å². The number of hydrogen-bond acceptors (Lipinski definition) is 3.